The Morgan fingerprint density at radius 2 is 1.94 bits per heavy atom. The topological polar surface area (TPSA) is 101 Å². The number of carboxylic acids is 1. The van der Waals surface area contributed by atoms with Gasteiger partial charge in [0.2, 0.25) is 5.82 Å². The molecule has 1 saturated carbocycles. The number of carboxylic acid groups (broad SMARTS) is 1. The molecule has 6 rings (SSSR count). The number of benzene rings is 2. The molecule has 1 fully saturated rings. The van der Waals surface area contributed by atoms with Crippen LogP contribution in [0.4, 0.5) is 0 Å². The molecule has 2 aliphatic carbocycles. The molecule has 7 heteroatoms. The highest BCUT2D eigenvalue weighted by Gasteiger charge is 2.36. The fourth-order valence-electron chi connectivity index (χ4n) is 5.17. The second-order valence-electron chi connectivity index (χ2n) is 9.34. The van der Waals surface area contributed by atoms with Crippen LogP contribution in [0.5, 0.6) is 0 Å². The van der Waals surface area contributed by atoms with E-state index in [-0.39, 0.29) is 12.0 Å². The fraction of sp³-hybridized carbons (Fsp3) is 0.296. The van der Waals surface area contributed by atoms with Crippen molar-refractivity contribution in [2.24, 2.45) is 5.92 Å². The van der Waals surface area contributed by atoms with E-state index in [2.05, 4.69) is 34.5 Å². The van der Waals surface area contributed by atoms with E-state index in [1.54, 1.807) is 12.5 Å². The zero-order valence-corrected chi connectivity index (χ0v) is 18.8. The number of fused-ring (bicyclic) bond motifs is 1. The molecule has 2 heterocycles. The van der Waals surface area contributed by atoms with E-state index < -0.39 is 5.97 Å². The molecule has 2 aromatic heterocycles. The van der Waals surface area contributed by atoms with Gasteiger partial charge in [-0.3, -0.25) is 4.79 Å². The summed E-state index contributed by atoms with van der Waals surface area (Å²) in [5.41, 5.74) is 7.66. The molecule has 0 saturated heterocycles. The first kappa shape index (κ1) is 20.9. The molecule has 0 bridgehead atoms. The molecule has 7 nitrogen and oxygen atoms in total. The van der Waals surface area contributed by atoms with Crippen molar-refractivity contribution in [3.63, 3.8) is 0 Å². The summed E-state index contributed by atoms with van der Waals surface area (Å²) in [4.78, 5) is 15.7. The maximum absolute atomic E-state index is 11.1. The SMILES string of the molecule is Cc1cc(-c2nc(-c3ccc4c(c3)CCC4NC3CC(C(=O)O)C3)no2)ccc1-c1ccoc1. The number of nitrogens with zero attached hydrogens (tertiary/aromatic N) is 2. The summed E-state index contributed by atoms with van der Waals surface area (Å²) in [6.45, 7) is 2.06. The van der Waals surface area contributed by atoms with Crippen LogP contribution in [-0.4, -0.2) is 27.3 Å². The number of hydrogen-bond donors (Lipinski definition) is 2. The molecule has 172 valence electrons. The van der Waals surface area contributed by atoms with Crippen molar-refractivity contribution in [1.82, 2.24) is 15.5 Å². The molecule has 0 amide bonds. The van der Waals surface area contributed by atoms with Crippen molar-refractivity contribution in [2.45, 2.75) is 44.7 Å². The number of hydrogen-bond acceptors (Lipinski definition) is 6. The van der Waals surface area contributed by atoms with Crippen LogP contribution in [-0.2, 0) is 11.2 Å². The monoisotopic (exact) mass is 455 g/mol. The van der Waals surface area contributed by atoms with E-state index >= 15 is 0 Å². The van der Waals surface area contributed by atoms with E-state index in [4.69, 9.17) is 14.0 Å². The Morgan fingerprint density at radius 3 is 2.71 bits per heavy atom. The Labute approximate surface area is 196 Å². The Bertz CT molecular complexity index is 1350. The maximum atomic E-state index is 11.1. The van der Waals surface area contributed by atoms with Gasteiger partial charge in [-0.05, 0) is 79.1 Å². The van der Waals surface area contributed by atoms with Gasteiger partial charge in [0.15, 0.2) is 0 Å². The summed E-state index contributed by atoms with van der Waals surface area (Å²) < 4.78 is 10.8. The highest BCUT2D eigenvalue weighted by Crippen LogP contribution is 2.37. The molecule has 2 aliphatic rings. The van der Waals surface area contributed by atoms with Gasteiger partial charge in [-0.15, -0.1) is 0 Å². The predicted octanol–water partition coefficient (Wildman–Crippen LogP) is 5.41. The van der Waals surface area contributed by atoms with Crippen LogP contribution in [0.3, 0.4) is 0 Å². The van der Waals surface area contributed by atoms with Crippen LogP contribution in [0.1, 0.15) is 42.0 Å². The Balaban J connectivity index is 1.18. The minimum atomic E-state index is -0.682. The molecule has 1 unspecified atom stereocenters. The van der Waals surface area contributed by atoms with Crippen LogP contribution in [0, 0.1) is 12.8 Å². The molecule has 34 heavy (non-hydrogen) atoms. The molecule has 2 N–H and O–H groups in total. The van der Waals surface area contributed by atoms with Crippen molar-refractivity contribution in [1.29, 1.82) is 0 Å². The summed E-state index contributed by atoms with van der Waals surface area (Å²) in [5, 5.41) is 17.0. The number of aliphatic carboxylic acids is 1. The molecular formula is C27H25N3O4. The van der Waals surface area contributed by atoms with Gasteiger partial charge >= 0.3 is 5.97 Å². The molecule has 0 radical (unpaired) electrons. The van der Waals surface area contributed by atoms with Crippen LogP contribution in [0.25, 0.3) is 34.0 Å². The Hall–Kier alpha value is -3.71. The third-order valence-electron chi connectivity index (χ3n) is 7.13. The first-order valence-corrected chi connectivity index (χ1v) is 11.6. The van der Waals surface area contributed by atoms with Gasteiger partial charge in [0, 0.05) is 28.8 Å². The first-order valence-electron chi connectivity index (χ1n) is 11.6. The zero-order chi connectivity index (χ0) is 23.2. The molecule has 0 spiro atoms. The van der Waals surface area contributed by atoms with E-state index in [1.165, 1.54) is 11.1 Å². The average Bonchev–Trinajstić information content (AvgIpc) is 3.56. The number of rotatable bonds is 6. The lowest BCUT2D eigenvalue weighted by Gasteiger charge is -2.35. The summed E-state index contributed by atoms with van der Waals surface area (Å²) in [7, 11) is 0. The minimum absolute atomic E-state index is 0.196. The van der Waals surface area contributed by atoms with Crippen LogP contribution in [0.2, 0.25) is 0 Å². The summed E-state index contributed by atoms with van der Waals surface area (Å²) in [6.07, 6.45) is 6.84. The Kier molecular flexibility index (Phi) is 5.07. The maximum Gasteiger partial charge on any atom is 0.306 e. The zero-order valence-electron chi connectivity index (χ0n) is 18.8. The summed E-state index contributed by atoms with van der Waals surface area (Å²) >= 11 is 0. The fourth-order valence-corrected chi connectivity index (χ4v) is 5.17. The second-order valence-corrected chi connectivity index (χ2v) is 9.34. The first-order chi connectivity index (χ1) is 16.5. The minimum Gasteiger partial charge on any atom is -0.481 e. The van der Waals surface area contributed by atoms with E-state index in [1.807, 2.05) is 30.3 Å². The van der Waals surface area contributed by atoms with Crippen molar-refractivity contribution in [3.8, 4) is 34.0 Å². The smallest absolute Gasteiger partial charge is 0.306 e. The van der Waals surface area contributed by atoms with Crippen LogP contribution >= 0.6 is 0 Å². The molecule has 4 aromatic rings. The predicted molar refractivity (Wildman–Crippen MR) is 126 cm³/mol. The standard InChI is InChI=1S/C27H25N3O4/c1-15-10-18(3-5-22(15)19-8-9-33-14-19)26-29-25(30-34-26)17-2-6-23-16(11-17)4-7-24(23)28-21-12-20(13-21)27(31)32/h2-3,5-6,8-11,14,20-21,24,28H,4,7,12-13H2,1H3,(H,31,32). The lowest BCUT2D eigenvalue weighted by molar-refractivity contribution is -0.145. The van der Waals surface area contributed by atoms with Gasteiger partial charge in [0.05, 0.1) is 18.4 Å². The van der Waals surface area contributed by atoms with Crippen molar-refractivity contribution in [3.05, 3.63) is 71.7 Å². The van der Waals surface area contributed by atoms with Gasteiger partial charge in [0.1, 0.15) is 0 Å². The number of carbonyl (C=O) groups is 1. The van der Waals surface area contributed by atoms with Crippen LogP contribution in [0.15, 0.2) is 63.9 Å². The lowest BCUT2D eigenvalue weighted by Crippen LogP contribution is -2.45. The number of nitrogens with one attached hydrogen (secondary N) is 1. The Morgan fingerprint density at radius 1 is 1.09 bits per heavy atom. The second kappa shape index (κ2) is 8.25. The number of aromatic nitrogens is 2. The highest BCUT2D eigenvalue weighted by molar-refractivity contribution is 5.72. The summed E-state index contributed by atoms with van der Waals surface area (Å²) in [6, 6.07) is 14.9. The van der Waals surface area contributed by atoms with Crippen LogP contribution < -0.4 is 5.32 Å². The van der Waals surface area contributed by atoms with E-state index in [0.29, 0.717) is 30.6 Å². The number of aryl methyl sites for hydroxylation is 2. The molecule has 1 atom stereocenters. The third kappa shape index (κ3) is 3.72. The largest absolute Gasteiger partial charge is 0.481 e. The summed E-state index contributed by atoms with van der Waals surface area (Å²) in [5.74, 6) is 0.195. The van der Waals surface area contributed by atoms with Gasteiger partial charge in [-0.25, -0.2) is 0 Å². The number of furan rings is 1. The molecular weight excluding hydrogens is 430 g/mol. The quantitative estimate of drug-likeness (QED) is 0.401. The van der Waals surface area contributed by atoms with Gasteiger partial charge in [-0.1, -0.05) is 23.4 Å². The van der Waals surface area contributed by atoms with E-state index in [9.17, 15) is 4.79 Å². The van der Waals surface area contributed by atoms with Gasteiger partial charge < -0.3 is 19.4 Å². The lowest BCUT2D eigenvalue weighted by atomic mass is 9.80. The van der Waals surface area contributed by atoms with Crippen molar-refractivity contribution < 1.29 is 18.8 Å². The third-order valence-corrected chi connectivity index (χ3v) is 7.13. The highest BCUT2D eigenvalue weighted by atomic mass is 16.5. The molecule has 2 aromatic carbocycles. The molecule has 0 aliphatic heterocycles. The van der Waals surface area contributed by atoms with Gasteiger partial charge in [0.25, 0.3) is 5.89 Å². The normalized spacial score (nSPS) is 21.3. The van der Waals surface area contributed by atoms with Gasteiger partial charge in [-0.2, -0.15) is 4.98 Å². The van der Waals surface area contributed by atoms with Crippen molar-refractivity contribution in [2.75, 3.05) is 0 Å². The van der Waals surface area contributed by atoms with E-state index in [0.717, 1.165) is 40.7 Å². The van der Waals surface area contributed by atoms with Crippen molar-refractivity contribution >= 4 is 5.97 Å². The average molecular weight is 456 g/mol.